The van der Waals surface area contributed by atoms with Crippen molar-refractivity contribution in [1.82, 2.24) is 9.88 Å². The highest BCUT2D eigenvalue weighted by Crippen LogP contribution is 2.57. The zero-order chi connectivity index (χ0) is 29.4. The summed E-state index contributed by atoms with van der Waals surface area (Å²) in [4.78, 5) is 20.9. The van der Waals surface area contributed by atoms with Gasteiger partial charge in [0.1, 0.15) is 0 Å². The Bertz CT molecular complexity index is 1380. The number of aromatic hydroxyl groups is 2. The lowest BCUT2D eigenvalue weighted by Gasteiger charge is -2.60. The standard InChI is InChI=1S/C28H31FN2O5.2C2H6/c1-15-19-7-5-18(26(34)36-29)11-20(19)30-21(15)13-28-9-10-31(14-16-3-4-16)23(27(28,2)35)12-17-6-8-22(32)25(33)24(17)28;2*1-2/h5-8,11,16,23,30,32-33,35H,3-4,9-10,12-14H2,1-2H3;2*1-2H3. The van der Waals surface area contributed by atoms with Crippen LogP contribution in [0.5, 0.6) is 11.5 Å². The summed E-state index contributed by atoms with van der Waals surface area (Å²) >= 11 is 0. The summed E-state index contributed by atoms with van der Waals surface area (Å²) in [6.07, 6.45) is 4.08. The number of carbonyl (C=O) groups excluding carboxylic acids is 1. The van der Waals surface area contributed by atoms with Crippen molar-refractivity contribution in [2.45, 2.75) is 90.7 Å². The molecule has 8 heteroatoms. The van der Waals surface area contributed by atoms with Crippen LogP contribution >= 0.6 is 0 Å². The molecule has 0 amide bonds. The number of piperidine rings is 1. The predicted molar refractivity (Wildman–Crippen MR) is 154 cm³/mol. The smallest absolute Gasteiger partial charge is 0.379 e. The summed E-state index contributed by atoms with van der Waals surface area (Å²) < 4.78 is 12.5. The highest BCUT2D eigenvalue weighted by atomic mass is 19.3. The molecule has 7 nitrogen and oxygen atoms in total. The second kappa shape index (κ2) is 11.4. The number of hydrogen-bond donors (Lipinski definition) is 4. The highest BCUT2D eigenvalue weighted by molar-refractivity contribution is 5.95. The fourth-order valence-corrected chi connectivity index (χ4v) is 6.91. The minimum atomic E-state index is -1.18. The Balaban J connectivity index is 0.000000886. The largest absolute Gasteiger partial charge is 0.504 e. The molecule has 1 aliphatic heterocycles. The molecule has 6 rings (SSSR count). The van der Waals surface area contributed by atoms with Gasteiger partial charge in [-0.2, -0.15) is 0 Å². The van der Waals surface area contributed by atoms with E-state index in [4.69, 9.17) is 0 Å². The SMILES string of the molecule is CC.CC.Cc1c(CC23CCN(CC4CC4)C(Cc4ccc(O)c(O)c42)C3(C)O)[nH]c2cc(C(=O)OF)ccc12. The number of phenolic OH excluding ortho intramolecular Hbond substituents is 2. The average Bonchev–Trinajstić information content (AvgIpc) is 3.73. The number of carbonyl (C=O) groups is 1. The molecule has 40 heavy (non-hydrogen) atoms. The lowest BCUT2D eigenvalue weighted by molar-refractivity contribution is -0.136. The van der Waals surface area contributed by atoms with Gasteiger partial charge in [0.25, 0.3) is 0 Å². The van der Waals surface area contributed by atoms with Crippen LogP contribution in [0.4, 0.5) is 4.53 Å². The molecule has 2 aliphatic carbocycles. The number of fused-ring (bicyclic) bond motifs is 5. The molecule has 218 valence electrons. The quantitative estimate of drug-likeness (QED) is 0.278. The van der Waals surface area contributed by atoms with E-state index in [0.29, 0.717) is 36.3 Å². The van der Waals surface area contributed by atoms with Crippen molar-refractivity contribution in [2.24, 2.45) is 5.92 Å². The molecule has 3 aromatic rings. The minimum Gasteiger partial charge on any atom is -0.504 e. The van der Waals surface area contributed by atoms with E-state index in [-0.39, 0.29) is 23.1 Å². The molecule has 3 atom stereocenters. The van der Waals surface area contributed by atoms with Gasteiger partial charge in [-0.05, 0) is 81.3 Å². The van der Waals surface area contributed by atoms with Crippen LogP contribution in [0.3, 0.4) is 0 Å². The van der Waals surface area contributed by atoms with E-state index in [9.17, 15) is 24.6 Å². The summed E-state index contributed by atoms with van der Waals surface area (Å²) in [7, 11) is 0. The molecule has 3 aliphatic rings. The molecule has 3 unspecified atom stereocenters. The number of benzene rings is 2. The summed E-state index contributed by atoms with van der Waals surface area (Å²) in [6.45, 7) is 13.6. The summed E-state index contributed by atoms with van der Waals surface area (Å²) in [5.74, 6) is -0.724. The number of likely N-dealkylation sites (tertiary alicyclic amines) is 1. The molecular formula is C32H43FN2O5. The fraction of sp³-hybridized carbons (Fsp3) is 0.531. The number of hydrogen-bond acceptors (Lipinski definition) is 6. The molecular weight excluding hydrogens is 511 g/mol. The number of phenols is 2. The molecule has 1 saturated heterocycles. The van der Waals surface area contributed by atoms with E-state index >= 15 is 0 Å². The number of aliphatic hydroxyl groups is 1. The number of nitrogens with zero attached hydrogens (tertiary/aromatic N) is 1. The van der Waals surface area contributed by atoms with Crippen molar-refractivity contribution < 1.29 is 29.6 Å². The van der Waals surface area contributed by atoms with Crippen LogP contribution in [0, 0.1) is 12.8 Å². The van der Waals surface area contributed by atoms with Crippen LogP contribution in [0.15, 0.2) is 30.3 Å². The zero-order valence-corrected chi connectivity index (χ0v) is 24.5. The number of rotatable bonds is 5. The zero-order valence-electron chi connectivity index (χ0n) is 24.5. The lowest BCUT2D eigenvalue weighted by Crippen LogP contribution is -2.71. The van der Waals surface area contributed by atoms with Gasteiger partial charge in [-0.3, -0.25) is 4.90 Å². The third-order valence-corrected chi connectivity index (χ3v) is 9.15. The van der Waals surface area contributed by atoms with Crippen LogP contribution in [0.25, 0.3) is 10.9 Å². The fourth-order valence-electron chi connectivity index (χ4n) is 6.91. The Labute approximate surface area is 235 Å². The molecule has 1 saturated carbocycles. The second-order valence-corrected chi connectivity index (χ2v) is 11.1. The number of halogens is 1. The van der Waals surface area contributed by atoms with E-state index in [0.717, 1.165) is 35.3 Å². The maximum atomic E-state index is 12.5. The van der Waals surface area contributed by atoms with Crippen LogP contribution in [0.2, 0.25) is 0 Å². The first kappa shape index (κ1) is 29.9. The minimum absolute atomic E-state index is 0.0991. The van der Waals surface area contributed by atoms with Gasteiger partial charge in [0.2, 0.25) is 0 Å². The third kappa shape index (κ3) is 4.75. The van der Waals surface area contributed by atoms with Crippen molar-refractivity contribution in [3.63, 3.8) is 0 Å². The van der Waals surface area contributed by atoms with Gasteiger partial charge in [-0.25, -0.2) is 9.74 Å². The number of aromatic nitrogens is 1. The van der Waals surface area contributed by atoms with E-state index in [2.05, 4.69) is 14.8 Å². The Kier molecular flexibility index (Phi) is 8.52. The van der Waals surface area contributed by atoms with Crippen molar-refractivity contribution >= 4 is 16.9 Å². The Morgan fingerprint density at radius 1 is 1.15 bits per heavy atom. The summed E-state index contributed by atoms with van der Waals surface area (Å²) in [5.41, 5.74) is 2.13. The molecule has 2 bridgehead atoms. The maximum Gasteiger partial charge on any atom is 0.379 e. The van der Waals surface area contributed by atoms with Crippen LogP contribution in [-0.4, -0.2) is 55.9 Å². The van der Waals surface area contributed by atoms with Crippen LogP contribution < -0.4 is 0 Å². The van der Waals surface area contributed by atoms with Gasteiger partial charge in [0.15, 0.2) is 11.5 Å². The van der Waals surface area contributed by atoms with Gasteiger partial charge < -0.3 is 20.3 Å². The second-order valence-electron chi connectivity index (χ2n) is 11.1. The lowest BCUT2D eigenvalue weighted by atomic mass is 9.53. The van der Waals surface area contributed by atoms with E-state index in [1.165, 1.54) is 25.0 Å². The van der Waals surface area contributed by atoms with Crippen molar-refractivity contribution in [2.75, 3.05) is 13.1 Å². The van der Waals surface area contributed by atoms with Gasteiger partial charge in [0, 0.05) is 51.1 Å². The molecule has 2 fully saturated rings. The van der Waals surface area contributed by atoms with Crippen LogP contribution in [0.1, 0.15) is 86.6 Å². The maximum absolute atomic E-state index is 12.5. The van der Waals surface area contributed by atoms with Crippen molar-refractivity contribution in [3.05, 3.63) is 58.3 Å². The first-order valence-corrected chi connectivity index (χ1v) is 14.6. The third-order valence-electron chi connectivity index (χ3n) is 9.15. The topological polar surface area (TPSA) is 106 Å². The highest BCUT2D eigenvalue weighted by Gasteiger charge is 2.61. The van der Waals surface area contributed by atoms with E-state index in [1.807, 2.05) is 47.6 Å². The monoisotopic (exact) mass is 554 g/mol. The first-order chi connectivity index (χ1) is 19.2. The Morgan fingerprint density at radius 2 is 1.85 bits per heavy atom. The molecule has 4 N–H and O–H groups in total. The van der Waals surface area contributed by atoms with E-state index < -0.39 is 17.0 Å². The molecule has 1 aromatic heterocycles. The van der Waals surface area contributed by atoms with Crippen molar-refractivity contribution in [1.29, 1.82) is 0 Å². The number of H-pyrrole nitrogens is 1. The molecule has 0 radical (unpaired) electrons. The number of aryl methyl sites for hydroxylation is 1. The summed E-state index contributed by atoms with van der Waals surface area (Å²) in [6, 6.07) is 8.13. The van der Waals surface area contributed by atoms with E-state index in [1.54, 1.807) is 12.1 Å². The van der Waals surface area contributed by atoms with Gasteiger partial charge in [-0.15, -0.1) is 0 Å². The number of nitrogens with one attached hydrogen (secondary N) is 1. The average molecular weight is 555 g/mol. The van der Waals surface area contributed by atoms with Crippen molar-refractivity contribution in [3.8, 4) is 11.5 Å². The molecule has 2 heterocycles. The van der Waals surface area contributed by atoms with Crippen LogP contribution in [-0.2, 0) is 23.2 Å². The molecule has 2 aromatic carbocycles. The van der Waals surface area contributed by atoms with Gasteiger partial charge in [-0.1, -0.05) is 39.8 Å². The van der Waals surface area contributed by atoms with Gasteiger partial charge in [0.05, 0.1) is 11.2 Å². The normalized spacial score (nSPS) is 25.2. The molecule has 0 spiro atoms. The Morgan fingerprint density at radius 3 is 2.50 bits per heavy atom. The number of aromatic amines is 1. The summed E-state index contributed by atoms with van der Waals surface area (Å²) in [5, 5.41) is 34.7. The predicted octanol–water partition coefficient (Wildman–Crippen LogP) is 6.25. The van der Waals surface area contributed by atoms with Gasteiger partial charge >= 0.3 is 5.97 Å². The first-order valence-electron chi connectivity index (χ1n) is 14.6. The Hall–Kier alpha value is -3.10.